The molecule has 4 heteroatoms. The van der Waals surface area contributed by atoms with Crippen molar-refractivity contribution in [2.24, 2.45) is 0 Å². The van der Waals surface area contributed by atoms with E-state index in [9.17, 15) is 14.8 Å². The molecule has 1 aliphatic rings. The van der Waals surface area contributed by atoms with E-state index in [0.717, 1.165) is 0 Å². The lowest BCUT2D eigenvalue weighted by Crippen LogP contribution is -2.21. The van der Waals surface area contributed by atoms with Crippen LogP contribution in [0.4, 0.5) is 0 Å². The molecule has 1 heterocycles. The van der Waals surface area contributed by atoms with E-state index in [4.69, 9.17) is 0 Å². The van der Waals surface area contributed by atoms with Crippen LogP contribution in [0.2, 0.25) is 0 Å². The molecule has 0 aliphatic carbocycles. The van der Waals surface area contributed by atoms with Gasteiger partial charge in [0.1, 0.15) is 0 Å². The van der Waals surface area contributed by atoms with Crippen molar-refractivity contribution in [3.63, 3.8) is 0 Å². The largest absolute Gasteiger partial charge is 0.750 e. The number of nitrogens with zero attached hydrogens (tertiary/aromatic N) is 1. The lowest BCUT2D eigenvalue weighted by molar-refractivity contribution is -0.135. The molecule has 0 aromatic heterocycles. The maximum Gasteiger partial charge on any atom is 0.219 e. The van der Waals surface area contributed by atoms with E-state index in [0.29, 0.717) is 0 Å². The Hall–Kier alpha value is -0.900. The van der Waals surface area contributed by atoms with Gasteiger partial charge in [0.2, 0.25) is 11.8 Å². The number of amides is 2. The molecule has 1 fully saturated rings. The van der Waals surface area contributed by atoms with E-state index < -0.39 is 11.8 Å². The molecular weight excluding hydrogens is 110 g/mol. The highest BCUT2D eigenvalue weighted by Crippen LogP contribution is 2.08. The molecule has 0 atom stereocenters. The van der Waals surface area contributed by atoms with Crippen molar-refractivity contribution in [2.75, 3.05) is 0 Å². The van der Waals surface area contributed by atoms with Gasteiger partial charge in [0.25, 0.3) is 0 Å². The van der Waals surface area contributed by atoms with Crippen LogP contribution in [0.3, 0.4) is 0 Å². The van der Waals surface area contributed by atoms with Crippen LogP contribution in [0.1, 0.15) is 12.8 Å². The fourth-order valence-corrected chi connectivity index (χ4v) is 0.556. The van der Waals surface area contributed by atoms with E-state index in [1.807, 2.05) is 0 Å². The summed E-state index contributed by atoms with van der Waals surface area (Å²) in [6.45, 7) is 0. The lowest BCUT2D eigenvalue weighted by atomic mass is 10.4. The zero-order valence-electron chi connectivity index (χ0n) is 4.09. The zero-order chi connectivity index (χ0) is 6.15. The van der Waals surface area contributed by atoms with Crippen LogP contribution >= 0.6 is 0 Å². The summed E-state index contributed by atoms with van der Waals surface area (Å²) >= 11 is 0. The summed E-state index contributed by atoms with van der Waals surface area (Å²) in [5, 5.41) is 10.0. The topological polar surface area (TPSA) is 60.4 Å². The molecule has 4 nitrogen and oxygen atoms in total. The number of imide groups is 1. The molecule has 0 saturated carbocycles. The van der Waals surface area contributed by atoms with Crippen molar-refractivity contribution in [2.45, 2.75) is 12.8 Å². The molecule has 44 valence electrons. The molecule has 1 rings (SSSR count). The van der Waals surface area contributed by atoms with Crippen LogP contribution in [-0.2, 0) is 9.59 Å². The van der Waals surface area contributed by atoms with Crippen molar-refractivity contribution < 1.29 is 9.59 Å². The Kier molecular flexibility index (Phi) is 1.02. The lowest BCUT2D eigenvalue weighted by Gasteiger charge is -2.17. The summed E-state index contributed by atoms with van der Waals surface area (Å²) in [5.74, 6) is -1.23. The van der Waals surface area contributed by atoms with Gasteiger partial charge in [0, 0.05) is 12.8 Å². The van der Waals surface area contributed by atoms with E-state index >= 15 is 0 Å². The van der Waals surface area contributed by atoms with Crippen LogP contribution in [0.25, 0.3) is 0 Å². The minimum Gasteiger partial charge on any atom is -0.750 e. The van der Waals surface area contributed by atoms with Gasteiger partial charge in [-0.3, -0.25) is 9.59 Å². The highest BCUT2D eigenvalue weighted by Gasteiger charge is 2.20. The molecule has 1 saturated heterocycles. The molecule has 0 spiro atoms. The summed E-state index contributed by atoms with van der Waals surface area (Å²) in [7, 11) is 0. The summed E-state index contributed by atoms with van der Waals surface area (Å²) in [6.07, 6.45) is 0.171. The fourth-order valence-electron chi connectivity index (χ4n) is 0.556. The maximum absolute atomic E-state index is 10.2. The van der Waals surface area contributed by atoms with Crippen LogP contribution in [-0.4, -0.2) is 16.9 Å². The third-order valence-electron chi connectivity index (χ3n) is 1.01. The van der Waals surface area contributed by atoms with Crippen molar-refractivity contribution in [3.8, 4) is 0 Å². The second-order valence-electron chi connectivity index (χ2n) is 1.58. The number of hydrogen-bond acceptors (Lipinski definition) is 3. The standard InChI is InChI=1S/C4H4NO3/c6-3-1-2-4(7)5(3)8/h1-2H2/q-1. The molecule has 0 aromatic rings. The molecule has 2 amide bonds. The summed E-state index contributed by atoms with van der Waals surface area (Å²) in [4.78, 5) is 20.4. The average molecular weight is 114 g/mol. The molecule has 8 heavy (non-hydrogen) atoms. The number of hydrogen-bond donors (Lipinski definition) is 0. The van der Waals surface area contributed by atoms with Crippen LogP contribution in [0.5, 0.6) is 0 Å². The van der Waals surface area contributed by atoms with Gasteiger partial charge >= 0.3 is 0 Å². The van der Waals surface area contributed by atoms with E-state index in [1.165, 1.54) is 0 Å². The normalized spacial score (nSPS) is 20.4. The van der Waals surface area contributed by atoms with E-state index in [2.05, 4.69) is 0 Å². The first-order valence-electron chi connectivity index (χ1n) is 2.25. The molecular formula is C4H4NO3-. The monoisotopic (exact) mass is 114 g/mol. The summed E-state index contributed by atoms with van der Waals surface area (Å²) < 4.78 is 0. The molecule has 0 N–H and O–H groups in total. The van der Waals surface area contributed by atoms with E-state index in [-0.39, 0.29) is 17.9 Å². The predicted octanol–water partition coefficient (Wildman–Crippen LogP) is -0.367. The Morgan fingerprint density at radius 2 is 1.62 bits per heavy atom. The minimum atomic E-state index is -0.616. The van der Waals surface area contributed by atoms with Crippen LogP contribution < -0.4 is 0 Å². The number of rotatable bonds is 0. The Bertz CT molecular complexity index is 126. The van der Waals surface area contributed by atoms with Crippen molar-refractivity contribution >= 4 is 11.8 Å². The Morgan fingerprint density at radius 3 is 1.75 bits per heavy atom. The first-order valence-corrected chi connectivity index (χ1v) is 2.25. The first kappa shape index (κ1) is 5.24. The van der Waals surface area contributed by atoms with Crippen LogP contribution in [0, 0.1) is 5.21 Å². The summed E-state index contributed by atoms with van der Waals surface area (Å²) in [6, 6.07) is 0. The molecule has 0 bridgehead atoms. The summed E-state index contributed by atoms with van der Waals surface area (Å²) in [5.41, 5.74) is 0. The van der Waals surface area contributed by atoms with E-state index in [1.54, 1.807) is 0 Å². The van der Waals surface area contributed by atoms with Gasteiger partial charge in [-0.15, -0.1) is 0 Å². The zero-order valence-corrected chi connectivity index (χ0v) is 4.09. The SMILES string of the molecule is O=C1CCC(=O)N1[O-]. The molecule has 1 aliphatic heterocycles. The highest BCUT2D eigenvalue weighted by molar-refractivity contribution is 6.02. The molecule has 0 aromatic carbocycles. The van der Waals surface area contributed by atoms with Crippen molar-refractivity contribution in [3.05, 3.63) is 5.21 Å². The van der Waals surface area contributed by atoms with Gasteiger partial charge in [-0.2, -0.15) is 0 Å². The quantitative estimate of drug-likeness (QED) is 0.404. The molecule has 0 radical (unpaired) electrons. The number of hydroxylamine groups is 2. The third-order valence-corrected chi connectivity index (χ3v) is 1.01. The van der Waals surface area contributed by atoms with Gasteiger partial charge < -0.3 is 10.3 Å². The first-order chi connectivity index (χ1) is 3.72. The van der Waals surface area contributed by atoms with Crippen molar-refractivity contribution in [1.82, 2.24) is 5.06 Å². The number of carbonyl (C=O) groups excluding carboxylic acids is 2. The Balaban J connectivity index is 2.70. The number of carbonyl (C=O) groups is 2. The highest BCUT2D eigenvalue weighted by atomic mass is 16.5. The smallest absolute Gasteiger partial charge is 0.219 e. The fraction of sp³-hybridized carbons (Fsp3) is 0.500. The average Bonchev–Trinajstić information content (AvgIpc) is 1.98. The van der Waals surface area contributed by atoms with Gasteiger partial charge in [-0.05, 0) is 0 Å². The third kappa shape index (κ3) is 0.586. The van der Waals surface area contributed by atoms with Gasteiger partial charge in [-0.1, -0.05) is 0 Å². The second-order valence-corrected chi connectivity index (χ2v) is 1.58. The second kappa shape index (κ2) is 1.56. The Labute approximate surface area is 45.7 Å². The van der Waals surface area contributed by atoms with Gasteiger partial charge in [-0.25, -0.2) is 0 Å². The van der Waals surface area contributed by atoms with Crippen LogP contribution in [0.15, 0.2) is 0 Å². The van der Waals surface area contributed by atoms with Gasteiger partial charge in [0.15, 0.2) is 0 Å². The Morgan fingerprint density at radius 1 is 1.25 bits per heavy atom. The maximum atomic E-state index is 10.2. The van der Waals surface area contributed by atoms with Gasteiger partial charge in [0.05, 0.1) is 0 Å². The molecule has 0 unspecified atom stereocenters. The van der Waals surface area contributed by atoms with Crippen molar-refractivity contribution in [1.29, 1.82) is 0 Å². The predicted molar refractivity (Wildman–Crippen MR) is 24.5 cm³/mol. The minimum absolute atomic E-state index is 0.0833.